The van der Waals surface area contributed by atoms with E-state index in [4.69, 9.17) is 10.2 Å². The van der Waals surface area contributed by atoms with Crippen LogP contribution in [0.15, 0.2) is 5.10 Å². The lowest BCUT2D eigenvalue weighted by atomic mass is 9.54. The average Bonchev–Trinajstić information content (AvgIpc) is 2.30. The number of carbonyl (C=O) groups is 2. The molecule has 6 heteroatoms. The highest BCUT2D eigenvalue weighted by atomic mass is 16.4. The summed E-state index contributed by atoms with van der Waals surface area (Å²) in [6.07, 6.45) is 6.05. The van der Waals surface area contributed by atoms with E-state index in [1.54, 1.807) is 0 Å². The largest absolute Gasteiger partial charge is 0.476 e. The van der Waals surface area contributed by atoms with Crippen molar-refractivity contribution in [2.45, 2.75) is 38.1 Å². The summed E-state index contributed by atoms with van der Waals surface area (Å²) in [5.41, 5.74) is 2.03. The number of hydrogen-bond donors (Lipinski definition) is 3. The zero-order chi connectivity index (χ0) is 13.6. The van der Waals surface area contributed by atoms with Crippen LogP contribution in [-0.2, 0) is 9.59 Å². The number of carboxylic acid groups (broad SMARTS) is 2. The number of rotatable bonds is 4. The zero-order valence-electron chi connectivity index (χ0n) is 10.6. The summed E-state index contributed by atoms with van der Waals surface area (Å²) in [6.45, 7) is 0. The van der Waals surface area contributed by atoms with Crippen molar-refractivity contribution in [3.05, 3.63) is 0 Å². The van der Waals surface area contributed by atoms with E-state index >= 15 is 0 Å². The molecule has 0 atom stereocenters. The molecule has 4 saturated carbocycles. The van der Waals surface area contributed by atoms with Crippen molar-refractivity contribution in [1.82, 2.24) is 5.43 Å². The highest BCUT2D eigenvalue weighted by Crippen LogP contribution is 2.53. The molecule has 0 aromatic carbocycles. The Labute approximate surface area is 110 Å². The Balaban J connectivity index is 1.72. The molecule has 0 aromatic rings. The number of hydrazone groups is 1. The molecule has 0 spiro atoms. The van der Waals surface area contributed by atoms with Crippen LogP contribution < -0.4 is 5.43 Å². The molecule has 0 heterocycles. The first-order valence-corrected chi connectivity index (χ1v) is 6.84. The molecule has 0 unspecified atom stereocenters. The second kappa shape index (κ2) is 4.51. The predicted molar refractivity (Wildman–Crippen MR) is 66.7 cm³/mol. The lowest BCUT2D eigenvalue weighted by molar-refractivity contribution is -0.134. The second-order valence-electron chi connectivity index (χ2n) is 6.16. The monoisotopic (exact) mass is 266 g/mol. The van der Waals surface area contributed by atoms with Gasteiger partial charge in [-0.2, -0.15) is 5.10 Å². The summed E-state index contributed by atoms with van der Waals surface area (Å²) in [6, 6.07) is 0.154. The average molecular weight is 266 g/mol. The highest BCUT2D eigenvalue weighted by Gasteiger charge is 2.48. The van der Waals surface area contributed by atoms with Gasteiger partial charge in [0.1, 0.15) is 0 Å². The first kappa shape index (κ1) is 12.4. The molecule has 0 saturated heterocycles. The summed E-state index contributed by atoms with van der Waals surface area (Å²) in [5.74, 6) is -0.286. The van der Waals surface area contributed by atoms with Gasteiger partial charge in [-0.3, -0.25) is 0 Å². The number of hydrogen-bond acceptors (Lipinski definition) is 4. The van der Waals surface area contributed by atoms with Gasteiger partial charge in [0.15, 0.2) is 0 Å². The molecule has 0 amide bonds. The van der Waals surface area contributed by atoms with Gasteiger partial charge in [0.2, 0.25) is 0 Å². The molecule has 4 bridgehead atoms. The van der Waals surface area contributed by atoms with Crippen LogP contribution in [0.1, 0.15) is 32.1 Å². The maximum absolute atomic E-state index is 10.8. The van der Waals surface area contributed by atoms with Crippen LogP contribution in [0, 0.1) is 23.7 Å². The van der Waals surface area contributed by atoms with Crippen molar-refractivity contribution in [3.63, 3.8) is 0 Å². The van der Waals surface area contributed by atoms with Crippen LogP contribution in [0.4, 0.5) is 0 Å². The van der Waals surface area contributed by atoms with E-state index in [0.717, 1.165) is 11.8 Å². The normalized spacial score (nSPS) is 38.8. The van der Waals surface area contributed by atoms with Crippen LogP contribution in [0.3, 0.4) is 0 Å². The fourth-order valence-corrected chi connectivity index (χ4v) is 4.46. The van der Waals surface area contributed by atoms with Crippen molar-refractivity contribution in [1.29, 1.82) is 0 Å². The number of nitrogens with one attached hydrogen (secondary N) is 1. The summed E-state index contributed by atoms with van der Waals surface area (Å²) in [5, 5.41) is 21.2. The van der Waals surface area contributed by atoms with Crippen LogP contribution >= 0.6 is 0 Å². The lowest BCUT2D eigenvalue weighted by Gasteiger charge is -2.54. The van der Waals surface area contributed by atoms with Gasteiger partial charge in [-0.15, -0.1) is 0 Å². The van der Waals surface area contributed by atoms with Crippen molar-refractivity contribution in [2.24, 2.45) is 28.8 Å². The Kier molecular flexibility index (Phi) is 2.95. The number of nitrogens with zero attached hydrogens (tertiary/aromatic N) is 1. The molecule has 0 aliphatic heterocycles. The molecule has 4 aliphatic carbocycles. The molecule has 104 valence electrons. The molecule has 19 heavy (non-hydrogen) atoms. The third-order valence-corrected chi connectivity index (χ3v) is 4.96. The van der Waals surface area contributed by atoms with Gasteiger partial charge in [-0.25, -0.2) is 9.59 Å². The minimum Gasteiger partial charge on any atom is -0.476 e. The van der Waals surface area contributed by atoms with Crippen LogP contribution in [0.2, 0.25) is 0 Å². The van der Waals surface area contributed by atoms with Crippen molar-refractivity contribution >= 4 is 17.7 Å². The summed E-state index contributed by atoms with van der Waals surface area (Å²) in [7, 11) is 0. The van der Waals surface area contributed by atoms with Gasteiger partial charge in [0.05, 0.1) is 0 Å². The molecule has 0 radical (unpaired) electrons. The maximum atomic E-state index is 10.8. The third-order valence-electron chi connectivity index (χ3n) is 4.96. The third kappa shape index (κ3) is 2.19. The predicted octanol–water partition coefficient (Wildman–Crippen LogP) is 0.926. The Morgan fingerprint density at radius 2 is 1.37 bits per heavy atom. The first-order valence-electron chi connectivity index (χ1n) is 6.84. The van der Waals surface area contributed by atoms with Gasteiger partial charge in [0.25, 0.3) is 5.71 Å². The minimum atomic E-state index is -1.50. The molecule has 6 nitrogen and oxygen atoms in total. The molecule has 4 aliphatic rings. The standard InChI is InChI=1S/C13H18N2O4/c16-12(17)11(13(18)19)15-14-10-8-2-6-1-7(4-8)5-9(10)3-6/h6-10,14H,1-5H2,(H,16,17)(H,18,19). The van der Waals surface area contributed by atoms with E-state index in [2.05, 4.69) is 10.5 Å². The Hall–Kier alpha value is -1.59. The second-order valence-corrected chi connectivity index (χ2v) is 6.16. The van der Waals surface area contributed by atoms with Crippen LogP contribution in [0.5, 0.6) is 0 Å². The zero-order valence-corrected chi connectivity index (χ0v) is 10.6. The summed E-state index contributed by atoms with van der Waals surface area (Å²) in [4.78, 5) is 21.5. The van der Waals surface area contributed by atoms with Gasteiger partial charge >= 0.3 is 11.9 Å². The Morgan fingerprint density at radius 3 is 1.79 bits per heavy atom. The fraction of sp³-hybridized carbons (Fsp3) is 0.769. The van der Waals surface area contributed by atoms with E-state index < -0.39 is 17.7 Å². The van der Waals surface area contributed by atoms with Gasteiger partial charge in [-0.1, -0.05) is 0 Å². The molecule has 0 aromatic heterocycles. The molecule has 4 fully saturated rings. The van der Waals surface area contributed by atoms with E-state index in [-0.39, 0.29) is 6.04 Å². The van der Waals surface area contributed by atoms with Crippen LogP contribution in [-0.4, -0.2) is 33.9 Å². The highest BCUT2D eigenvalue weighted by molar-refractivity contribution is 6.61. The molecule has 3 N–H and O–H groups in total. The SMILES string of the molecule is O=C(O)C(=NNC1C2CC3CC(C2)CC1C3)C(=O)O. The van der Waals surface area contributed by atoms with E-state index in [9.17, 15) is 9.59 Å². The number of aliphatic carboxylic acids is 2. The Bertz CT molecular complexity index is 402. The van der Waals surface area contributed by atoms with Gasteiger partial charge in [-0.05, 0) is 55.8 Å². The van der Waals surface area contributed by atoms with Crippen molar-refractivity contribution in [3.8, 4) is 0 Å². The van der Waals surface area contributed by atoms with E-state index in [1.165, 1.54) is 32.1 Å². The Morgan fingerprint density at radius 1 is 0.895 bits per heavy atom. The van der Waals surface area contributed by atoms with Crippen molar-refractivity contribution in [2.75, 3.05) is 0 Å². The molecular weight excluding hydrogens is 248 g/mol. The lowest BCUT2D eigenvalue weighted by Crippen LogP contribution is -2.53. The first-order chi connectivity index (χ1) is 9.04. The summed E-state index contributed by atoms with van der Waals surface area (Å²) < 4.78 is 0. The smallest absolute Gasteiger partial charge is 0.363 e. The number of carboxylic acids is 2. The summed E-state index contributed by atoms with van der Waals surface area (Å²) >= 11 is 0. The van der Waals surface area contributed by atoms with E-state index in [0.29, 0.717) is 11.8 Å². The molecule has 4 rings (SSSR count). The molecular formula is C13H18N2O4. The fourth-order valence-electron chi connectivity index (χ4n) is 4.46. The van der Waals surface area contributed by atoms with Gasteiger partial charge in [0, 0.05) is 6.04 Å². The maximum Gasteiger partial charge on any atom is 0.363 e. The topological polar surface area (TPSA) is 99.0 Å². The quantitative estimate of drug-likeness (QED) is 0.399. The minimum absolute atomic E-state index is 0.154. The van der Waals surface area contributed by atoms with Crippen molar-refractivity contribution < 1.29 is 19.8 Å². The van der Waals surface area contributed by atoms with Gasteiger partial charge < -0.3 is 15.6 Å². The van der Waals surface area contributed by atoms with Crippen LogP contribution in [0.25, 0.3) is 0 Å². The van der Waals surface area contributed by atoms with E-state index in [1.807, 2.05) is 0 Å².